The van der Waals surface area contributed by atoms with Gasteiger partial charge in [-0.3, -0.25) is 4.79 Å². The third kappa shape index (κ3) is 2.99. The number of nitrogens with one attached hydrogen (secondary N) is 1. The largest absolute Gasteiger partial charge is 0.433 e. The van der Waals surface area contributed by atoms with Gasteiger partial charge in [0.25, 0.3) is 5.91 Å². The van der Waals surface area contributed by atoms with Gasteiger partial charge in [-0.1, -0.05) is 12.8 Å². The molecule has 1 saturated carbocycles. The van der Waals surface area contributed by atoms with E-state index in [0.717, 1.165) is 43.1 Å². The molecule has 0 aliphatic heterocycles. The number of anilines is 1. The molecule has 0 unspecified atom stereocenters. The quantitative estimate of drug-likeness (QED) is 0.869. The van der Waals surface area contributed by atoms with Crippen molar-refractivity contribution in [2.45, 2.75) is 44.8 Å². The number of aryl methyl sites for hydroxylation is 1. The molecule has 0 spiro atoms. The van der Waals surface area contributed by atoms with Gasteiger partial charge in [-0.25, -0.2) is 4.98 Å². The Kier molecular flexibility index (Phi) is 3.95. The fourth-order valence-electron chi connectivity index (χ4n) is 2.95. The van der Waals surface area contributed by atoms with Crippen molar-refractivity contribution in [3.8, 4) is 0 Å². The SMILES string of the molecule is Cc1cc(C(F)(F)F)nc2sc(C(=O)NC3CCCC3)c(N)c12. The molecule has 8 heteroatoms. The van der Waals surface area contributed by atoms with E-state index < -0.39 is 11.9 Å². The molecule has 23 heavy (non-hydrogen) atoms. The molecule has 2 aromatic rings. The number of hydrogen-bond donors (Lipinski definition) is 2. The first-order valence-corrected chi connectivity index (χ1v) is 8.16. The zero-order valence-electron chi connectivity index (χ0n) is 12.5. The Hall–Kier alpha value is -1.83. The van der Waals surface area contributed by atoms with Crippen LogP contribution in [0.25, 0.3) is 10.2 Å². The fraction of sp³-hybridized carbons (Fsp3) is 0.467. The van der Waals surface area contributed by atoms with Crippen LogP contribution in [0.3, 0.4) is 0 Å². The van der Waals surface area contributed by atoms with Crippen LogP contribution < -0.4 is 11.1 Å². The maximum absolute atomic E-state index is 12.9. The number of nitrogens with zero attached hydrogens (tertiary/aromatic N) is 1. The number of nitrogen functional groups attached to an aromatic ring is 1. The van der Waals surface area contributed by atoms with Crippen LogP contribution in [0.4, 0.5) is 18.9 Å². The summed E-state index contributed by atoms with van der Waals surface area (Å²) in [6.45, 7) is 1.54. The monoisotopic (exact) mass is 343 g/mol. The summed E-state index contributed by atoms with van der Waals surface area (Å²) in [6, 6.07) is 1.08. The Morgan fingerprint density at radius 2 is 2.04 bits per heavy atom. The highest BCUT2D eigenvalue weighted by Crippen LogP contribution is 2.38. The number of fused-ring (bicyclic) bond motifs is 1. The van der Waals surface area contributed by atoms with Crippen LogP contribution in [0, 0.1) is 6.92 Å². The van der Waals surface area contributed by atoms with Gasteiger partial charge in [-0.15, -0.1) is 11.3 Å². The lowest BCUT2D eigenvalue weighted by molar-refractivity contribution is -0.141. The van der Waals surface area contributed by atoms with Crippen LogP contribution in [0.5, 0.6) is 0 Å². The summed E-state index contributed by atoms with van der Waals surface area (Å²) in [5.74, 6) is -0.328. The van der Waals surface area contributed by atoms with Crippen LogP contribution >= 0.6 is 11.3 Å². The van der Waals surface area contributed by atoms with Gasteiger partial charge >= 0.3 is 6.18 Å². The summed E-state index contributed by atoms with van der Waals surface area (Å²) in [6.07, 6.45) is -0.535. The van der Waals surface area contributed by atoms with Crippen LogP contribution in [0.1, 0.15) is 46.6 Å². The second-order valence-electron chi connectivity index (χ2n) is 5.80. The van der Waals surface area contributed by atoms with E-state index in [1.54, 1.807) is 6.92 Å². The number of aromatic nitrogens is 1. The summed E-state index contributed by atoms with van der Waals surface area (Å²) in [4.78, 5) is 16.4. The lowest BCUT2D eigenvalue weighted by atomic mass is 10.1. The molecule has 1 aliphatic carbocycles. The third-order valence-electron chi connectivity index (χ3n) is 4.08. The van der Waals surface area contributed by atoms with Crippen LogP contribution in [-0.2, 0) is 6.18 Å². The minimum absolute atomic E-state index is 0.118. The van der Waals surface area contributed by atoms with Gasteiger partial charge in [0.1, 0.15) is 15.4 Å². The standard InChI is InChI=1S/C15H16F3N3OS/c1-7-6-9(15(16,17)18)21-14-10(7)11(19)12(23-14)13(22)20-8-4-2-3-5-8/h6,8H,2-5,19H2,1H3,(H,20,22). The average Bonchev–Trinajstić information content (AvgIpc) is 3.06. The molecule has 2 heterocycles. The van der Waals surface area contributed by atoms with Crippen LogP contribution in [0.15, 0.2) is 6.07 Å². The Balaban J connectivity index is 2.00. The molecule has 2 aromatic heterocycles. The Bertz CT molecular complexity index is 763. The highest BCUT2D eigenvalue weighted by atomic mass is 32.1. The number of carbonyl (C=O) groups is 1. The molecule has 3 rings (SSSR count). The zero-order chi connectivity index (χ0) is 16.8. The van der Waals surface area contributed by atoms with Crippen LogP contribution in [-0.4, -0.2) is 16.9 Å². The van der Waals surface area contributed by atoms with E-state index >= 15 is 0 Å². The number of alkyl halides is 3. The summed E-state index contributed by atoms with van der Waals surface area (Å²) in [5, 5.41) is 3.33. The van der Waals surface area contributed by atoms with Gasteiger partial charge in [0, 0.05) is 11.4 Å². The maximum atomic E-state index is 12.9. The summed E-state index contributed by atoms with van der Waals surface area (Å²) in [5.41, 5.74) is 5.62. The normalized spacial score (nSPS) is 16.2. The van der Waals surface area contributed by atoms with Gasteiger partial charge in [-0.2, -0.15) is 13.2 Å². The van der Waals surface area contributed by atoms with Gasteiger partial charge in [-0.05, 0) is 31.4 Å². The molecule has 0 radical (unpaired) electrons. The summed E-state index contributed by atoms with van der Waals surface area (Å²) >= 11 is 0.912. The molecule has 124 valence electrons. The number of thiophene rings is 1. The fourth-order valence-corrected chi connectivity index (χ4v) is 4.02. The van der Waals surface area contributed by atoms with Crippen molar-refractivity contribution in [3.05, 3.63) is 22.2 Å². The molecule has 0 bridgehead atoms. The van der Waals surface area contributed by atoms with E-state index in [4.69, 9.17) is 5.73 Å². The molecular formula is C15H16F3N3OS. The number of halogens is 3. The number of rotatable bonds is 2. The van der Waals surface area contributed by atoms with Gasteiger partial charge in [0.2, 0.25) is 0 Å². The second-order valence-corrected chi connectivity index (χ2v) is 6.80. The highest BCUT2D eigenvalue weighted by Gasteiger charge is 2.34. The number of carbonyl (C=O) groups excluding carboxylic acids is 1. The van der Waals surface area contributed by atoms with Gasteiger partial charge < -0.3 is 11.1 Å². The Morgan fingerprint density at radius 3 is 2.65 bits per heavy atom. The molecule has 1 amide bonds. The van der Waals surface area contributed by atoms with Crippen molar-refractivity contribution in [3.63, 3.8) is 0 Å². The lowest BCUT2D eigenvalue weighted by Gasteiger charge is -2.11. The minimum atomic E-state index is -4.52. The van der Waals surface area contributed by atoms with Crippen LogP contribution in [0.2, 0.25) is 0 Å². The second kappa shape index (κ2) is 5.67. The van der Waals surface area contributed by atoms with Gasteiger partial charge in [0.05, 0.1) is 5.69 Å². The molecule has 0 atom stereocenters. The summed E-state index contributed by atoms with van der Waals surface area (Å²) in [7, 11) is 0. The minimum Gasteiger partial charge on any atom is -0.397 e. The molecule has 0 aromatic carbocycles. The number of amides is 1. The number of nitrogens with two attached hydrogens (primary N) is 1. The molecule has 3 N–H and O–H groups in total. The van der Waals surface area contributed by atoms with E-state index in [9.17, 15) is 18.0 Å². The van der Waals surface area contributed by atoms with Crippen molar-refractivity contribution in [2.24, 2.45) is 0 Å². The van der Waals surface area contributed by atoms with Gasteiger partial charge in [0.15, 0.2) is 0 Å². The average molecular weight is 343 g/mol. The lowest BCUT2D eigenvalue weighted by Crippen LogP contribution is -2.32. The predicted molar refractivity (Wildman–Crippen MR) is 83.5 cm³/mol. The highest BCUT2D eigenvalue weighted by molar-refractivity contribution is 7.21. The number of pyridine rings is 1. The van der Waals surface area contributed by atoms with Crippen molar-refractivity contribution in [1.82, 2.24) is 10.3 Å². The van der Waals surface area contributed by atoms with E-state index in [2.05, 4.69) is 10.3 Å². The van der Waals surface area contributed by atoms with E-state index in [1.165, 1.54) is 0 Å². The number of hydrogen-bond acceptors (Lipinski definition) is 4. The first kappa shape index (κ1) is 16.0. The Morgan fingerprint density at radius 1 is 1.39 bits per heavy atom. The van der Waals surface area contributed by atoms with Crippen molar-refractivity contribution >= 4 is 33.1 Å². The topological polar surface area (TPSA) is 68.0 Å². The first-order valence-electron chi connectivity index (χ1n) is 7.35. The van der Waals surface area contributed by atoms with E-state index in [-0.39, 0.29) is 27.3 Å². The molecule has 1 aliphatic rings. The Labute approximate surface area is 134 Å². The summed E-state index contributed by atoms with van der Waals surface area (Å²) < 4.78 is 38.6. The smallest absolute Gasteiger partial charge is 0.397 e. The zero-order valence-corrected chi connectivity index (χ0v) is 13.3. The van der Waals surface area contributed by atoms with E-state index in [0.29, 0.717) is 10.9 Å². The van der Waals surface area contributed by atoms with Crippen molar-refractivity contribution in [2.75, 3.05) is 5.73 Å². The van der Waals surface area contributed by atoms with Crippen molar-refractivity contribution in [1.29, 1.82) is 0 Å². The molecule has 1 fully saturated rings. The first-order chi connectivity index (χ1) is 10.8. The molecule has 4 nitrogen and oxygen atoms in total. The molecular weight excluding hydrogens is 327 g/mol. The molecule has 0 saturated heterocycles. The van der Waals surface area contributed by atoms with E-state index in [1.807, 2.05) is 0 Å². The third-order valence-corrected chi connectivity index (χ3v) is 5.18. The van der Waals surface area contributed by atoms with Crippen molar-refractivity contribution < 1.29 is 18.0 Å². The maximum Gasteiger partial charge on any atom is 0.433 e. The predicted octanol–water partition coefficient (Wildman–Crippen LogP) is 3.88.